The molecular formula is C18H29N3. The van der Waals surface area contributed by atoms with Gasteiger partial charge in [-0.15, -0.1) is 0 Å². The molecule has 2 atom stereocenters. The molecule has 1 aromatic carbocycles. The third-order valence-electron chi connectivity index (χ3n) is 5.42. The molecule has 2 aliphatic rings. The highest BCUT2D eigenvalue weighted by molar-refractivity contribution is 5.37. The highest BCUT2D eigenvalue weighted by Gasteiger charge is 2.37. The van der Waals surface area contributed by atoms with E-state index in [1.54, 1.807) is 0 Å². The van der Waals surface area contributed by atoms with Crippen molar-refractivity contribution < 1.29 is 0 Å². The zero-order valence-corrected chi connectivity index (χ0v) is 13.7. The minimum atomic E-state index is 0.496. The molecule has 1 N–H and O–H groups in total. The number of benzene rings is 1. The Kier molecular flexibility index (Phi) is 4.63. The fourth-order valence-electron chi connectivity index (χ4n) is 4.09. The van der Waals surface area contributed by atoms with Crippen LogP contribution in [0.3, 0.4) is 0 Å². The maximum Gasteiger partial charge on any atom is 0.0484 e. The van der Waals surface area contributed by atoms with Crippen LogP contribution in [-0.4, -0.2) is 55.6 Å². The Bertz CT molecular complexity index is 465. The number of fused-ring (bicyclic) bond motifs is 1. The second-order valence-corrected chi connectivity index (χ2v) is 6.71. The molecule has 116 valence electrons. The number of likely N-dealkylation sites (tertiary alicyclic amines) is 1. The Morgan fingerprint density at radius 1 is 1.24 bits per heavy atom. The first-order valence-electron chi connectivity index (χ1n) is 8.42. The topological polar surface area (TPSA) is 18.5 Å². The molecule has 3 heteroatoms. The van der Waals surface area contributed by atoms with Gasteiger partial charge in [0, 0.05) is 18.1 Å². The van der Waals surface area contributed by atoms with Crippen LogP contribution in [0.5, 0.6) is 0 Å². The average molecular weight is 287 g/mol. The van der Waals surface area contributed by atoms with Gasteiger partial charge in [0.15, 0.2) is 0 Å². The smallest absolute Gasteiger partial charge is 0.0484 e. The van der Waals surface area contributed by atoms with Gasteiger partial charge in [-0.3, -0.25) is 4.90 Å². The zero-order chi connectivity index (χ0) is 14.8. The fraction of sp³-hybridized carbons (Fsp3) is 0.667. The highest BCUT2D eigenvalue weighted by atomic mass is 15.2. The number of nitrogens with one attached hydrogen (secondary N) is 1. The van der Waals surface area contributed by atoms with Gasteiger partial charge >= 0.3 is 0 Å². The van der Waals surface area contributed by atoms with Crippen molar-refractivity contribution in [2.75, 3.05) is 33.7 Å². The summed E-state index contributed by atoms with van der Waals surface area (Å²) in [6, 6.07) is 10.8. The predicted molar refractivity (Wildman–Crippen MR) is 88.6 cm³/mol. The van der Waals surface area contributed by atoms with Crippen LogP contribution < -0.4 is 5.32 Å². The largest absolute Gasteiger partial charge is 0.309 e. The maximum absolute atomic E-state index is 3.73. The van der Waals surface area contributed by atoms with Crippen LogP contribution in [0, 0.1) is 0 Å². The van der Waals surface area contributed by atoms with Gasteiger partial charge in [0.05, 0.1) is 0 Å². The second kappa shape index (κ2) is 6.47. The minimum Gasteiger partial charge on any atom is -0.309 e. The van der Waals surface area contributed by atoms with Crippen LogP contribution in [0.2, 0.25) is 0 Å². The van der Waals surface area contributed by atoms with E-state index in [9.17, 15) is 0 Å². The van der Waals surface area contributed by atoms with E-state index in [-0.39, 0.29) is 0 Å². The SMILES string of the molecule is CCNC1c2ccccc2CC1N(C)C1CCN(C)CC1. The van der Waals surface area contributed by atoms with E-state index in [4.69, 9.17) is 0 Å². The lowest BCUT2D eigenvalue weighted by atomic mass is 9.99. The third kappa shape index (κ3) is 3.01. The van der Waals surface area contributed by atoms with E-state index in [1.165, 1.54) is 43.5 Å². The van der Waals surface area contributed by atoms with Crippen LogP contribution in [0.25, 0.3) is 0 Å². The van der Waals surface area contributed by atoms with Crippen molar-refractivity contribution in [1.29, 1.82) is 0 Å². The van der Waals surface area contributed by atoms with E-state index >= 15 is 0 Å². The summed E-state index contributed by atoms with van der Waals surface area (Å²) in [7, 11) is 4.58. The van der Waals surface area contributed by atoms with Gasteiger partial charge < -0.3 is 10.2 Å². The second-order valence-electron chi connectivity index (χ2n) is 6.71. The minimum absolute atomic E-state index is 0.496. The van der Waals surface area contributed by atoms with Gasteiger partial charge in [-0.05, 0) is 64.1 Å². The molecule has 2 unspecified atom stereocenters. The number of hydrogen-bond donors (Lipinski definition) is 1. The molecule has 0 spiro atoms. The molecule has 1 aliphatic heterocycles. The number of likely N-dealkylation sites (N-methyl/N-ethyl adjacent to an activating group) is 2. The highest BCUT2D eigenvalue weighted by Crippen LogP contribution is 2.35. The number of piperidine rings is 1. The van der Waals surface area contributed by atoms with Crippen molar-refractivity contribution in [1.82, 2.24) is 15.1 Å². The summed E-state index contributed by atoms with van der Waals surface area (Å²) in [5.74, 6) is 0. The van der Waals surface area contributed by atoms with Gasteiger partial charge in [-0.1, -0.05) is 31.2 Å². The normalized spacial score (nSPS) is 27.2. The average Bonchev–Trinajstić information content (AvgIpc) is 2.87. The summed E-state index contributed by atoms with van der Waals surface area (Å²) < 4.78 is 0. The van der Waals surface area contributed by atoms with E-state index in [0.717, 1.165) is 12.6 Å². The summed E-state index contributed by atoms with van der Waals surface area (Å²) >= 11 is 0. The maximum atomic E-state index is 3.73. The lowest BCUT2D eigenvalue weighted by Crippen LogP contribution is -2.49. The number of nitrogens with zero attached hydrogens (tertiary/aromatic N) is 2. The van der Waals surface area contributed by atoms with Crippen LogP contribution >= 0.6 is 0 Å². The fourth-order valence-corrected chi connectivity index (χ4v) is 4.09. The molecule has 0 radical (unpaired) electrons. The molecule has 3 rings (SSSR count). The molecular weight excluding hydrogens is 258 g/mol. The molecule has 1 aromatic rings. The van der Waals surface area contributed by atoms with E-state index < -0.39 is 0 Å². The van der Waals surface area contributed by atoms with Crippen LogP contribution in [-0.2, 0) is 6.42 Å². The zero-order valence-electron chi connectivity index (χ0n) is 13.7. The molecule has 3 nitrogen and oxygen atoms in total. The van der Waals surface area contributed by atoms with Crippen molar-refractivity contribution in [2.45, 2.75) is 44.3 Å². The van der Waals surface area contributed by atoms with Crippen LogP contribution in [0.15, 0.2) is 24.3 Å². The van der Waals surface area contributed by atoms with Crippen molar-refractivity contribution in [3.05, 3.63) is 35.4 Å². The predicted octanol–water partition coefficient (Wildman–Crippen LogP) is 2.29. The third-order valence-corrected chi connectivity index (χ3v) is 5.42. The first-order chi connectivity index (χ1) is 10.2. The molecule has 0 bridgehead atoms. The van der Waals surface area contributed by atoms with Gasteiger partial charge in [0.2, 0.25) is 0 Å². The van der Waals surface area contributed by atoms with E-state index in [0.29, 0.717) is 12.1 Å². The summed E-state index contributed by atoms with van der Waals surface area (Å²) in [6.07, 6.45) is 3.80. The standard InChI is InChI=1S/C18H29N3/c1-4-19-18-16-8-6-5-7-14(16)13-17(18)21(3)15-9-11-20(2)12-10-15/h5-8,15,17-19H,4,9-13H2,1-3H3. The van der Waals surface area contributed by atoms with E-state index in [2.05, 4.69) is 60.4 Å². The lowest BCUT2D eigenvalue weighted by Gasteiger charge is -2.40. The number of hydrogen-bond acceptors (Lipinski definition) is 3. The van der Waals surface area contributed by atoms with Crippen molar-refractivity contribution >= 4 is 0 Å². The van der Waals surface area contributed by atoms with Crippen molar-refractivity contribution in [3.8, 4) is 0 Å². The molecule has 0 amide bonds. The Hall–Kier alpha value is -0.900. The van der Waals surface area contributed by atoms with Crippen molar-refractivity contribution in [3.63, 3.8) is 0 Å². The van der Waals surface area contributed by atoms with Gasteiger partial charge in [0.1, 0.15) is 0 Å². The molecule has 1 fully saturated rings. The first kappa shape index (κ1) is 15.0. The Morgan fingerprint density at radius 3 is 2.67 bits per heavy atom. The summed E-state index contributed by atoms with van der Waals surface area (Å²) in [6.45, 7) is 5.73. The molecule has 1 saturated heterocycles. The molecule has 21 heavy (non-hydrogen) atoms. The molecule has 0 saturated carbocycles. The molecule has 1 aliphatic carbocycles. The Morgan fingerprint density at radius 2 is 1.95 bits per heavy atom. The molecule has 1 heterocycles. The van der Waals surface area contributed by atoms with Crippen LogP contribution in [0.1, 0.15) is 36.9 Å². The first-order valence-corrected chi connectivity index (χ1v) is 8.42. The van der Waals surface area contributed by atoms with Gasteiger partial charge in [0.25, 0.3) is 0 Å². The Labute approximate surface area is 129 Å². The number of rotatable bonds is 4. The monoisotopic (exact) mass is 287 g/mol. The Balaban J connectivity index is 1.75. The summed E-state index contributed by atoms with van der Waals surface area (Å²) in [5.41, 5.74) is 3.05. The van der Waals surface area contributed by atoms with E-state index in [1.807, 2.05) is 0 Å². The summed E-state index contributed by atoms with van der Waals surface area (Å²) in [4.78, 5) is 5.12. The van der Waals surface area contributed by atoms with Gasteiger partial charge in [-0.25, -0.2) is 0 Å². The van der Waals surface area contributed by atoms with Gasteiger partial charge in [-0.2, -0.15) is 0 Å². The molecule has 0 aromatic heterocycles. The quantitative estimate of drug-likeness (QED) is 0.916. The van der Waals surface area contributed by atoms with Crippen molar-refractivity contribution in [2.24, 2.45) is 0 Å². The van der Waals surface area contributed by atoms with Crippen LogP contribution in [0.4, 0.5) is 0 Å². The summed E-state index contributed by atoms with van der Waals surface area (Å²) in [5, 5.41) is 3.73. The lowest BCUT2D eigenvalue weighted by molar-refractivity contribution is 0.0935.